The molecule has 7 heteroatoms. The molecule has 0 spiro atoms. The lowest BCUT2D eigenvalue weighted by Gasteiger charge is -2.28. The highest BCUT2D eigenvalue weighted by molar-refractivity contribution is 5.19. The Morgan fingerprint density at radius 3 is 2.65 bits per heavy atom. The summed E-state index contributed by atoms with van der Waals surface area (Å²) in [5.74, 6) is -1.82. The Labute approximate surface area is 133 Å². The topological polar surface area (TPSA) is 63.8 Å². The van der Waals surface area contributed by atoms with E-state index in [2.05, 4.69) is 15.1 Å². The Morgan fingerprint density at radius 1 is 1.26 bits per heavy atom. The predicted octanol–water partition coefficient (Wildman–Crippen LogP) is 2.83. The smallest absolute Gasteiger partial charge is 0.250 e. The zero-order valence-corrected chi connectivity index (χ0v) is 13.0. The lowest BCUT2D eigenvalue weighted by atomic mass is 9.84. The Balaban J connectivity index is 1.75. The van der Waals surface area contributed by atoms with Crippen LogP contribution in [0.5, 0.6) is 0 Å². The quantitative estimate of drug-likeness (QED) is 0.940. The maximum atomic E-state index is 13.2. The molecule has 0 amide bonds. The van der Waals surface area contributed by atoms with Crippen LogP contribution in [0.1, 0.15) is 42.8 Å². The molecule has 1 aliphatic carbocycles. The fraction of sp³-hybridized carbons (Fsp3) is 0.562. The van der Waals surface area contributed by atoms with Crippen LogP contribution < -0.4 is 0 Å². The van der Waals surface area contributed by atoms with Crippen molar-refractivity contribution in [1.82, 2.24) is 19.7 Å². The second kappa shape index (κ2) is 6.31. The highest BCUT2D eigenvalue weighted by Crippen LogP contribution is 2.37. The van der Waals surface area contributed by atoms with Crippen molar-refractivity contribution in [3.8, 4) is 5.95 Å². The minimum atomic E-state index is -2.50. The van der Waals surface area contributed by atoms with Gasteiger partial charge in [-0.1, -0.05) is 0 Å². The molecule has 5 nitrogen and oxygen atoms in total. The second-order valence-corrected chi connectivity index (χ2v) is 6.21. The minimum Gasteiger partial charge on any atom is -0.390 e. The number of aliphatic hydroxyl groups is 1. The summed E-state index contributed by atoms with van der Waals surface area (Å²) >= 11 is 0. The molecule has 2 aromatic rings. The lowest BCUT2D eigenvalue weighted by molar-refractivity contribution is -0.0457. The van der Waals surface area contributed by atoms with Gasteiger partial charge in [-0.25, -0.2) is 23.4 Å². The number of nitrogens with zero attached hydrogens (tertiary/aromatic N) is 4. The Morgan fingerprint density at radius 2 is 2.00 bits per heavy atom. The van der Waals surface area contributed by atoms with Gasteiger partial charge in [0.15, 0.2) is 0 Å². The second-order valence-electron chi connectivity index (χ2n) is 6.21. The van der Waals surface area contributed by atoms with Crippen molar-refractivity contribution in [3.05, 3.63) is 35.4 Å². The van der Waals surface area contributed by atoms with Crippen LogP contribution in [-0.2, 0) is 13.0 Å². The summed E-state index contributed by atoms with van der Waals surface area (Å²) in [5, 5.41) is 13.3. The van der Waals surface area contributed by atoms with Gasteiger partial charge >= 0.3 is 0 Å². The van der Waals surface area contributed by atoms with Crippen LogP contribution in [0.4, 0.5) is 8.78 Å². The maximum Gasteiger partial charge on any atom is 0.250 e. The van der Waals surface area contributed by atoms with Crippen molar-refractivity contribution >= 4 is 0 Å². The van der Waals surface area contributed by atoms with Gasteiger partial charge in [0.25, 0.3) is 5.95 Å². The van der Waals surface area contributed by atoms with E-state index in [0.717, 1.165) is 11.4 Å². The van der Waals surface area contributed by atoms with E-state index in [4.69, 9.17) is 5.11 Å². The zero-order chi connectivity index (χ0) is 16.4. The average molecular weight is 322 g/mol. The van der Waals surface area contributed by atoms with Crippen molar-refractivity contribution in [2.75, 3.05) is 0 Å². The van der Waals surface area contributed by atoms with Gasteiger partial charge in [-0.05, 0) is 44.2 Å². The molecule has 1 saturated carbocycles. The summed E-state index contributed by atoms with van der Waals surface area (Å²) < 4.78 is 28.0. The Kier molecular flexibility index (Phi) is 4.39. The largest absolute Gasteiger partial charge is 0.390 e. The molecule has 0 unspecified atom stereocenters. The third-order valence-electron chi connectivity index (χ3n) is 4.24. The first-order valence-electron chi connectivity index (χ1n) is 7.83. The van der Waals surface area contributed by atoms with E-state index < -0.39 is 5.92 Å². The van der Waals surface area contributed by atoms with Crippen molar-refractivity contribution in [3.63, 3.8) is 0 Å². The highest BCUT2D eigenvalue weighted by atomic mass is 19.3. The fourth-order valence-electron chi connectivity index (χ4n) is 2.98. The molecular weight excluding hydrogens is 302 g/mol. The molecule has 0 bridgehead atoms. The van der Waals surface area contributed by atoms with Gasteiger partial charge in [-0.15, -0.1) is 0 Å². The molecule has 23 heavy (non-hydrogen) atoms. The van der Waals surface area contributed by atoms with Crippen molar-refractivity contribution in [1.29, 1.82) is 0 Å². The average Bonchev–Trinajstić information content (AvgIpc) is 2.98. The first kappa shape index (κ1) is 16.0. The molecule has 1 fully saturated rings. The van der Waals surface area contributed by atoms with Crippen molar-refractivity contribution in [2.45, 2.75) is 51.6 Å². The summed E-state index contributed by atoms with van der Waals surface area (Å²) in [6, 6.07) is 3.60. The predicted molar refractivity (Wildman–Crippen MR) is 80.4 cm³/mol. The number of aliphatic hydroxyl groups excluding tert-OH is 1. The van der Waals surface area contributed by atoms with Gasteiger partial charge in [-0.3, -0.25) is 0 Å². The first-order valence-corrected chi connectivity index (χ1v) is 7.83. The van der Waals surface area contributed by atoms with Gasteiger partial charge in [-0.2, -0.15) is 5.10 Å². The standard InChI is InChI=1S/C16H20F2N4O/c1-11-8-14(9-12-2-5-16(17,18)6-3-12)20-15(19-11)22-7-4-13(10-23)21-22/h4,7-8,12,23H,2-3,5-6,9-10H2,1H3. The molecule has 1 N–H and O–H groups in total. The van der Waals surface area contributed by atoms with E-state index in [1.807, 2.05) is 13.0 Å². The van der Waals surface area contributed by atoms with Crippen molar-refractivity contribution < 1.29 is 13.9 Å². The van der Waals surface area contributed by atoms with Crippen LogP contribution in [0.25, 0.3) is 5.95 Å². The normalized spacial score (nSPS) is 18.3. The SMILES string of the molecule is Cc1cc(CC2CCC(F)(F)CC2)nc(-n2ccc(CO)n2)n1. The molecule has 0 saturated heterocycles. The molecule has 2 heterocycles. The lowest BCUT2D eigenvalue weighted by Crippen LogP contribution is -2.25. The highest BCUT2D eigenvalue weighted by Gasteiger charge is 2.34. The van der Waals surface area contributed by atoms with Gasteiger partial charge in [0, 0.05) is 30.4 Å². The van der Waals surface area contributed by atoms with Crippen LogP contribution >= 0.6 is 0 Å². The van der Waals surface area contributed by atoms with Crippen LogP contribution in [0.15, 0.2) is 18.3 Å². The number of rotatable bonds is 4. The van der Waals surface area contributed by atoms with Gasteiger partial charge in [0.2, 0.25) is 5.92 Å². The Hall–Kier alpha value is -1.89. The molecule has 1 aliphatic rings. The first-order chi connectivity index (χ1) is 10.9. The van der Waals surface area contributed by atoms with E-state index in [-0.39, 0.29) is 25.4 Å². The van der Waals surface area contributed by atoms with Gasteiger partial charge in [0.1, 0.15) is 0 Å². The molecule has 0 aliphatic heterocycles. The monoisotopic (exact) mass is 322 g/mol. The molecular formula is C16H20F2N4O. The van der Waals surface area contributed by atoms with E-state index >= 15 is 0 Å². The van der Waals surface area contributed by atoms with Crippen LogP contribution in [0.3, 0.4) is 0 Å². The number of halogens is 2. The number of hydrogen-bond donors (Lipinski definition) is 1. The summed E-state index contributed by atoms with van der Waals surface area (Å²) in [5.41, 5.74) is 2.21. The van der Waals surface area contributed by atoms with Gasteiger partial charge < -0.3 is 5.11 Å². The zero-order valence-electron chi connectivity index (χ0n) is 13.0. The molecule has 0 aromatic carbocycles. The van der Waals surface area contributed by atoms with Crippen LogP contribution in [0.2, 0.25) is 0 Å². The molecule has 2 aromatic heterocycles. The van der Waals surface area contributed by atoms with E-state index in [1.54, 1.807) is 12.3 Å². The summed E-state index contributed by atoms with van der Waals surface area (Å²) in [6.45, 7) is 1.74. The third-order valence-corrected chi connectivity index (χ3v) is 4.24. The maximum absolute atomic E-state index is 13.2. The van der Waals surface area contributed by atoms with E-state index in [9.17, 15) is 8.78 Å². The third kappa shape index (κ3) is 3.90. The van der Waals surface area contributed by atoms with Crippen LogP contribution in [0, 0.1) is 12.8 Å². The number of aromatic nitrogens is 4. The molecule has 3 rings (SSSR count). The minimum absolute atomic E-state index is 0.0341. The van der Waals surface area contributed by atoms with Crippen molar-refractivity contribution in [2.24, 2.45) is 5.92 Å². The Bertz CT molecular complexity index is 676. The molecule has 124 valence electrons. The number of aryl methyl sites for hydroxylation is 1. The molecule has 0 atom stereocenters. The van der Waals surface area contributed by atoms with E-state index in [1.165, 1.54) is 4.68 Å². The number of hydrogen-bond acceptors (Lipinski definition) is 4. The van der Waals surface area contributed by atoms with E-state index in [0.29, 0.717) is 30.9 Å². The number of alkyl halides is 2. The fourth-order valence-corrected chi connectivity index (χ4v) is 2.98. The summed E-state index contributed by atoms with van der Waals surface area (Å²) in [4.78, 5) is 8.86. The van der Waals surface area contributed by atoms with Crippen LogP contribution in [-0.4, -0.2) is 30.8 Å². The van der Waals surface area contributed by atoms with Gasteiger partial charge in [0.05, 0.1) is 12.3 Å². The molecule has 0 radical (unpaired) electrons. The summed E-state index contributed by atoms with van der Waals surface area (Å²) in [7, 11) is 0. The summed E-state index contributed by atoms with van der Waals surface area (Å²) in [6.07, 6.45) is 3.37.